The summed E-state index contributed by atoms with van der Waals surface area (Å²) in [5.41, 5.74) is 0. The van der Waals surface area contributed by atoms with Crippen molar-refractivity contribution in [2.75, 3.05) is 0 Å². The molecule has 0 aromatic carbocycles. The van der Waals surface area contributed by atoms with Crippen molar-refractivity contribution in [2.45, 2.75) is 162 Å². The molecule has 1 aliphatic heterocycles. The third-order valence-corrected chi connectivity index (χ3v) is 240. The molecule has 0 saturated carbocycles. The van der Waals surface area contributed by atoms with Crippen LogP contribution in [0.4, 0.5) is 0 Å². The molecule has 0 amide bonds. The average Bonchev–Trinajstić information content (AvgIpc) is 2.97. The van der Waals surface area contributed by atoms with Gasteiger partial charge in [0.25, 0.3) is 0 Å². The van der Waals surface area contributed by atoms with Crippen LogP contribution in [0.2, 0.25) is 79.1 Å². The summed E-state index contributed by atoms with van der Waals surface area (Å²) in [6, 6.07) is 0. The third kappa shape index (κ3) is 3.50. The van der Waals surface area contributed by atoms with Gasteiger partial charge in [-0.1, -0.05) is 142 Å². The highest BCUT2D eigenvalue weighted by molar-refractivity contribution is 8.54. The molecule has 1 aliphatic rings. The molecule has 0 radical (unpaired) electrons. The van der Waals surface area contributed by atoms with Gasteiger partial charge in [0.15, 0.2) is 0 Å². The van der Waals surface area contributed by atoms with E-state index in [1.165, 1.54) is 0 Å². The van der Waals surface area contributed by atoms with Gasteiger partial charge >= 0.3 is 0 Å². The largest absolute Gasteiger partial charge is 0.176 e. The first-order valence-corrected chi connectivity index (χ1v) is 40.0. The van der Waals surface area contributed by atoms with E-state index in [9.17, 15) is 0 Å². The topological polar surface area (TPSA) is 0 Å². The molecule has 1 saturated heterocycles. The monoisotopic (exact) mass is 594 g/mol. The van der Waals surface area contributed by atoms with Gasteiger partial charge in [-0.25, -0.2) is 0 Å². The smallest absolute Gasteiger partial charge is 0.121 e. The van der Waals surface area contributed by atoms with Gasteiger partial charge in [0, 0.05) is 42.7 Å². The molecular weight excluding hydrogens is 532 g/mol. The Morgan fingerprint density at radius 3 is 0.606 bits per heavy atom. The third-order valence-electron chi connectivity index (χ3n) is 13.2. The SMILES string of the molecule is CC(C)(C)[Si](C)(C)[Si]1([Si](C)(C)C(C)(C)C)[Si](C)(Cl)[Si]1([Si](C)(C)C(C)(C)C)[Si](C)(C)C(C)(C)C. The van der Waals surface area contributed by atoms with Gasteiger partial charge in [-0.15, -0.1) is 0 Å². The second kappa shape index (κ2) is 7.91. The van der Waals surface area contributed by atoms with Crippen molar-refractivity contribution >= 4 is 60.2 Å². The van der Waals surface area contributed by atoms with Crippen LogP contribution >= 0.6 is 11.1 Å². The molecule has 0 spiro atoms. The van der Waals surface area contributed by atoms with Crippen molar-refractivity contribution in [1.82, 2.24) is 0 Å². The van der Waals surface area contributed by atoms with Gasteiger partial charge in [-0.05, 0) is 20.2 Å². The van der Waals surface area contributed by atoms with Gasteiger partial charge < -0.3 is 0 Å². The first-order chi connectivity index (χ1) is 13.8. The number of rotatable bonds is 4. The summed E-state index contributed by atoms with van der Waals surface area (Å²) in [7, 11) is -6.61. The Morgan fingerprint density at radius 1 is 0.394 bits per heavy atom. The summed E-state index contributed by atoms with van der Waals surface area (Å²) in [5.74, 6) is 0. The molecule has 8 heteroatoms. The van der Waals surface area contributed by atoms with Crippen LogP contribution in [-0.2, 0) is 0 Å². The van der Waals surface area contributed by atoms with Gasteiger partial charge in [0.1, 0.15) is 6.42 Å². The van der Waals surface area contributed by atoms with E-state index in [-0.39, 0.29) is 0 Å². The zero-order valence-corrected chi connectivity index (χ0v) is 34.6. The van der Waals surface area contributed by atoms with E-state index in [0.29, 0.717) is 20.2 Å². The molecule has 33 heavy (non-hydrogen) atoms. The van der Waals surface area contributed by atoms with Crippen molar-refractivity contribution in [2.24, 2.45) is 0 Å². The fourth-order valence-electron chi connectivity index (χ4n) is 8.72. The second-order valence-corrected chi connectivity index (χ2v) is 105. The number of hydrogen-bond acceptors (Lipinski definition) is 0. The Hall–Kier alpha value is 1.81. The summed E-state index contributed by atoms with van der Waals surface area (Å²) in [5, 5.41) is 1.71. The molecule has 0 aromatic heterocycles. The quantitative estimate of drug-likeness (QED) is 0.224. The van der Waals surface area contributed by atoms with Crippen LogP contribution in [0.3, 0.4) is 0 Å². The molecule has 198 valence electrons. The maximum Gasteiger partial charge on any atom is 0.121 e. The van der Waals surface area contributed by atoms with E-state index in [1.54, 1.807) is 0 Å². The van der Waals surface area contributed by atoms with E-state index in [4.69, 9.17) is 11.1 Å². The van der Waals surface area contributed by atoms with Crippen molar-refractivity contribution in [3.63, 3.8) is 0 Å². The number of halogens is 1. The van der Waals surface area contributed by atoms with Crippen LogP contribution in [0, 0.1) is 0 Å². The predicted octanol–water partition coefficient (Wildman–Crippen LogP) is 10.3. The lowest BCUT2D eigenvalue weighted by atomic mass is 10.2. The fraction of sp³-hybridized carbons (Fsp3) is 1.00. The van der Waals surface area contributed by atoms with Crippen molar-refractivity contribution < 1.29 is 0 Å². The Bertz CT molecular complexity index is 651. The highest BCUT2D eigenvalue weighted by atomic mass is 35.6. The van der Waals surface area contributed by atoms with Crippen molar-refractivity contribution in [3.8, 4) is 0 Å². The minimum absolute atomic E-state index is 0.428. The molecule has 0 aromatic rings. The van der Waals surface area contributed by atoms with Gasteiger partial charge in [0.2, 0.25) is 0 Å². The summed E-state index contributed by atoms with van der Waals surface area (Å²) in [6.07, 6.45) is -5.37. The fourth-order valence-corrected chi connectivity index (χ4v) is 492. The Morgan fingerprint density at radius 2 is 0.515 bits per heavy atom. The zero-order chi connectivity index (χ0) is 27.5. The number of hydrogen-bond donors (Lipinski definition) is 0. The van der Waals surface area contributed by atoms with Crippen LogP contribution < -0.4 is 0 Å². The zero-order valence-electron chi connectivity index (χ0n) is 26.9. The lowest BCUT2D eigenvalue weighted by Crippen LogP contribution is -2.86. The highest BCUT2D eigenvalue weighted by Gasteiger charge is 3.03. The summed E-state index contributed by atoms with van der Waals surface area (Å²) >= 11 is 8.65. The molecule has 0 nitrogen and oxygen atoms in total. The summed E-state index contributed by atoms with van der Waals surface area (Å²) in [4.78, 5) is 0. The standard InChI is InChI=1S/C25H63ClSi7/c1-22(2,3)27(13,14)32(28(15,16)23(4,5)6)31(21,26)33(32,29(17,18)24(7,8)9)30(19,20)25(10,11)12/h1-21H3. The highest BCUT2D eigenvalue weighted by Crippen LogP contribution is 2.77. The average molecular weight is 596 g/mol. The van der Waals surface area contributed by atoms with Crippen LogP contribution in [0.1, 0.15) is 83.1 Å². The molecule has 0 aliphatic carbocycles. The molecule has 0 atom stereocenters. The van der Waals surface area contributed by atoms with E-state index < -0.39 is 49.1 Å². The van der Waals surface area contributed by atoms with Crippen molar-refractivity contribution in [3.05, 3.63) is 0 Å². The molecule has 1 fully saturated rings. The van der Waals surface area contributed by atoms with Crippen molar-refractivity contribution in [1.29, 1.82) is 0 Å². The van der Waals surface area contributed by atoms with E-state index in [0.717, 1.165) is 0 Å². The molecule has 0 N–H and O–H groups in total. The first-order valence-electron chi connectivity index (χ1n) is 13.4. The molecule has 0 unspecified atom stereocenters. The second-order valence-electron chi connectivity index (χ2n) is 18.0. The maximum atomic E-state index is 8.65. The predicted molar refractivity (Wildman–Crippen MR) is 178 cm³/mol. The summed E-state index contributed by atoms with van der Waals surface area (Å²) < 4.78 is 0. The maximum absolute atomic E-state index is 8.65. The van der Waals surface area contributed by atoms with Crippen LogP contribution in [0.5, 0.6) is 0 Å². The lowest BCUT2D eigenvalue weighted by Gasteiger charge is -2.63. The van der Waals surface area contributed by atoms with E-state index in [1.807, 2.05) is 0 Å². The van der Waals surface area contributed by atoms with Gasteiger partial charge in [-0.3, -0.25) is 0 Å². The normalized spacial score (nSPS) is 22.4. The molecular formula is C25H63ClSi7. The molecule has 1 rings (SSSR count). The Balaban J connectivity index is 4.66. The van der Waals surface area contributed by atoms with E-state index in [2.05, 4.69) is 142 Å². The Labute approximate surface area is 221 Å². The van der Waals surface area contributed by atoms with Crippen LogP contribution in [-0.4, -0.2) is 49.1 Å². The van der Waals surface area contributed by atoms with E-state index >= 15 is 0 Å². The summed E-state index contributed by atoms with van der Waals surface area (Å²) in [6.45, 7) is 57.6. The molecule has 0 bridgehead atoms. The first kappa shape index (κ1) is 32.8. The minimum atomic E-state index is -1.90. The lowest BCUT2D eigenvalue weighted by molar-refractivity contribution is 0.724. The van der Waals surface area contributed by atoms with Crippen LogP contribution in [0.25, 0.3) is 0 Å². The minimum Gasteiger partial charge on any atom is -0.176 e. The van der Waals surface area contributed by atoms with Gasteiger partial charge in [0.05, 0.1) is 0 Å². The van der Waals surface area contributed by atoms with Crippen LogP contribution in [0.15, 0.2) is 0 Å². The Kier molecular flexibility index (Phi) is 7.88. The molecule has 1 heterocycles. The van der Waals surface area contributed by atoms with Gasteiger partial charge in [-0.2, -0.15) is 11.1 Å².